The van der Waals surface area contributed by atoms with Gasteiger partial charge in [0.05, 0.1) is 6.26 Å². The zero-order valence-electron chi connectivity index (χ0n) is 5.77. The second-order valence-corrected chi connectivity index (χ2v) is 1.91. The minimum atomic E-state index is -0.329. The Morgan fingerprint density at radius 1 is 1.60 bits per heavy atom. The van der Waals surface area contributed by atoms with Crippen LogP contribution >= 0.6 is 23.2 Å². The van der Waals surface area contributed by atoms with Crippen LogP contribution in [0.3, 0.4) is 0 Å². The lowest BCUT2D eigenvalue weighted by Crippen LogP contribution is -1.87. The lowest BCUT2D eigenvalue weighted by Gasteiger charge is -1.83. The normalized spacial score (nSPS) is 7.10. The summed E-state index contributed by atoms with van der Waals surface area (Å²) in [6.45, 7) is 4.48. The maximum absolute atomic E-state index is 9.75. The highest BCUT2D eigenvalue weighted by Crippen LogP contribution is 1.75. The predicted octanol–water partition coefficient (Wildman–Crippen LogP) is 2.16. The van der Waals surface area contributed by atoms with Crippen molar-refractivity contribution in [3.63, 3.8) is 0 Å². The molecule has 0 aliphatic rings. The van der Waals surface area contributed by atoms with Crippen LogP contribution in [0.2, 0.25) is 0 Å². The summed E-state index contributed by atoms with van der Waals surface area (Å²) >= 11 is 10.1. The molecule has 10 heavy (non-hydrogen) atoms. The molecule has 0 fully saturated rings. The molecule has 2 nitrogen and oxygen atoms in total. The van der Waals surface area contributed by atoms with Crippen molar-refractivity contribution in [1.82, 2.24) is 0 Å². The Morgan fingerprint density at radius 2 is 2.00 bits per heavy atom. The van der Waals surface area contributed by atoms with Crippen LogP contribution in [0, 0.1) is 0 Å². The topological polar surface area (TPSA) is 26.3 Å². The molecule has 0 atom stereocenters. The highest BCUT2D eigenvalue weighted by atomic mass is 35.5. The van der Waals surface area contributed by atoms with Gasteiger partial charge in [0.25, 0.3) is 0 Å². The van der Waals surface area contributed by atoms with Gasteiger partial charge in [-0.1, -0.05) is 6.58 Å². The number of ether oxygens (including phenoxy) is 1. The van der Waals surface area contributed by atoms with Crippen molar-refractivity contribution in [3.05, 3.63) is 12.8 Å². The third kappa shape index (κ3) is 25.0. The van der Waals surface area contributed by atoms with Crippen molar-refractivity contribution in [2.45, 2.75) is 6.92 Å². The predicted molar refractivity (Wildman–Crippen MR) is 43.4 cm³/mol. The van der Waals surface area contributed by atoms with Crippen LogP contribution in [0.1, 0.15) is 6.92 Å². The molecule has 0 bridgehead atoms. The van der Waals surface area contributed by atoms with Crippen molar-refractivity contribution >= 4 is 29.2 Å². The van der Waals surface area contributed by atoms with Gasteiger partial charge >= 0.3 is 5.97 Å². The van der Waals surface area contributed by atoms with Gasteiger partial charge in [0.2, 0.25) is 0 Å². The van der Waals surface area contributed by atoms with Crippen LogP contribution in [0.25, 0.3) is 0 Å². The summed E-state index contributed by atoms with van der Waals surface area (Å²) in [5, 5.41) is 0. The van der Waals surface area contributed by atoms with E-state index in [1.165, 1.54) is 6.92 Å². The maximum atomic E-state index is 9.75. The Labute approximate surface area is 70.8 Å². The smallest absolute Gasteiger partial charge is 0.307 e. The molecule has 0 rings (SSSR count). The molecule has 0 saturated carbocycles. The maximum Gasteiger partial charge on any atom is 0.307 e. The van der Waals surface area contributed by atoms with Crippen molar-refractivity contribution in [2.75, 3.05) is 11.8 Å². The zero-order valence-corrected chi connectivity index (χ0v) is 7.28. The van der Waals surface area contributed by atoms with E-state index in [9.17, 15) is 4.79 Å². The van der Waals surface area contributed by atoms with Gasteiger partial charge in [-0.2, -0.15) is 0 Å². The second kappa shape index (κ2) is 11.6. The van der Waals surface area contributed by atoms with E-state index in [1.807, 2.05) is 0 Å². The molecule has 0 aliphatic carbocycles. The Morgan fingerprint density at radius 3 is 2.00 bits per heavy atom. The first-order chi connectivity index (χ1) is 4.68. The number of esters is 1. The number of halogens is 2. The van der Waals surface area contributed by atoms with E-state index in [0.29, 0.717) is 11.8 Å². The molecule has 0 N–H and O–H groups in total. The van der Waals surface area contributed by atoms with Crippen molar-refractivity contribution in [2.24, 2.45) is 0 Å². The van der Waals surface area contributed by atoms with Gasteiger partial charge in [0, 0.05) is 18.7 Å². The van der Waals surface area contributed by atoms with E-state index in [-0.39, 0.29) is 5.97 Å². The van der Waals surface area contributed by atoms with Gasteiger partial charge < -0.3 is 4.74 Å². The molecular formula is C6H10Cl2O2. The number of carbonyl (C=O) groups is 1. The van der Waals surface area contributed by atoms with Gasteiger partial charge in [-0.3, -0.25) is 4.79 Å². The monoisotopic (exact) mass is 184 g/mol. The average Bonchev–Trinajstić information content (AvgIpc) is 1.89. The molecule has 0 aromatic heterocycles. The molecule has 0 heterocycles. The first-order valence-corrected chi connectivity index (χ1v) is 3.66. The Kier molecular flexibility index (Phi) is 14.4. The van der Waals surface area contributed by atoms with Crippen LogP contribution < -0.4 is 0 Å². The molecule has 0 saturated heterocycles. The van der Waals surface area contributed by atoms with Crippen molar-refractivity contribution in [1.29, 1.82) is 0 Å². The second-order valence-electron chi connectivity index (χ2n) is 1.15. The number of alkyl halides is 2. The van der Waals surface area contributed by atoms with Crippen LogP contribution in [0.5, 0.6) is 0 Å². The molecule has 0 aliphatic heterocycles. The van der Waals surface area contributed by atoms with Gasteiger partial charge in [-0.25, -0.2) is 0 Å². The fourth-order valence-corrected chi connectivity index (χ4v) is 0.117. The lowest BCUT2D eigenvalue weighted by atomic mass is 10.8. The molecule has 0 amide bonds. The summed E-state index contributed by atoms with van der Waals surface area (Å²) in [4.78, 5) is 9.75. The average molecular weight is 185 g/mol. The molecule has 0 spiro atoms. The minimum absolute atomic E-state index is 0.329. The molecule has 4 heteroatoms. The first kappa shape index (κ1) is 12.5. The SMILES string of the molecule is C=COC(C)=O.ClCCCl. The van der Waals surface area contributed by atoms with E-state index in [2.05, 4.69) is 11.3 Å². The summed E-state index contributed by atoms with van der Waals surface area (Å²) in [6, 6.07) is 0. The van der Waals surface area contributed by atoms with E-state index in [4.69, 9.17) is 23.2 Å². The molecule has 0 radical (unpaired) electrons. The van der Waals surface area contributed by atoms with Gasteiger partial charge in [0.1, 0.15) is 0 Å². The number of rotatable bonds is 2. The first-order valence-electron chi connectivity index (χ1n) is 2.59. The molecular weight excluding hydrogens is 175 g/mol. The minimum Gasteiger partial charge on any atom is -0.435 e. The quantitative estimate of drug-likeness (QED) is 0.374. The summed E-state index contributed by atoms with van der Waals surface area (Å²) in [7, 11) is 0. The van der Waals surface area contributed by atoms with Crippen molar-refractivity contribution < 1.29 is 9.53 Å². The summed E-state index contributed by atoms with van der Waals surface area (Å²) in [5.74, 6) is 0.785. The van der Waals surface area contributed by atoms with Crippen LogP contribution in [-0.4, -0.2) is 17.7 Å². The standard InChI is InChI=1S/C4H6O2.C2H4Cl2/c1-3-6-4(2)5;3-1-2-4/h3H,1H2,2H3;1-2H2. The summed E-state index contributed by atoms with van der Waals surface area (Å²) in [6.07, 6.45) is 1.10. The largest absolute Gasteiger partial charge is 0.435 e. The summed E-state index contributed by atoms with van der Waals surface area (Å²) < 4.78 is 4.17. The molecule has 0 aromatic rings. The summed E-state index contributed by atoms with van der Waals surface area (Å²) in [5.41, 5.74) is 0. The third-order valence-corrected chi connectivity index (χ3v) is 0.892. The lowest BCUT2D eigenvalue weighted by molar-refractivity contribution is -0.135. The van der Waals surface area contributed by atoms with Gasteiger partial charge in [-0.15, -0.1) is 23.2 Å². The van der Waals surface area contributed by atoms with E-state index < -0.39 is 0 Å². The van der Waals surface area contributed by atoms with E-state index in [0.717, 1.165) is 6.26 Å². The Balaban J connectivity index is 0. The van der Waals surface area contributed by atoms with Gasteiger partial charge in [-0.05, 0) is 0 Å². The molecule has 60 valence electrons. The van der Waals surface area contributed by atoms with E-state index in [1.54, 1.807) is 0 Å². The number of hydrogen-bond acceptors (Lipinski definition) is 2. The van der Waals surface area contributed by atoms with Gasteiger partial charge in [0.15, 0.2) is 0 Å². The third-order valence-electron chi connectivity index (χ3n) is 0.321. The number of hydrogen-bond donors (Lipinski definition) is 0. The van der Waals surface area contributed by atoms with Crippen LogP contribution in [-0.2, 0) is 9.53 Å². The Bertz CT molecular complexity index is 91.7. The zero-order chi connectivity index (χ0) is 8.41. The molecule has 0 aromatic carbocycles. The fourth-order valence-electron chi connectivity index (χ4n) is 0.117. The van der Waals surface area contributed by atoms with E-state index >= 15 is 0 Å². The van der Waals surface area contributed by atoms with Crippen LogP contribution in [0.15, 0.2) is 12.8 Å². The highest BCUT2D eigenvalue weighted by Gasteiger charge is 1.79. The van der Waals surface area contributed by atoms with Crippen molar-refractivity contribution in [3.8, 4) is 0 Å². The highest BCUT2D eigenvalue weighted by molar-refractivity contribution is 6.25. The number of carbonyl (C=O) groups excluding carboxylic acids is 1. The molecule has 0 unspecified atom stereocenters. The Hall–Kier alpha value is -0.210. The van der Waals surface area contributed by atoms with Crippen LogP contribution in [0.4, 0.5) is 0 Å². The fraction of sp³-hybridized carbons (Fsp3) is 0.500.